The van der Waals surface area contributed by atoms with E-state index in [0.29, 0.717) is 19.0 Å². The topological polar surface area (TPSA) is 63.1 Å². The second-order valence-corrected chi connectivity index (χ2v) is 7.74. The van der Waals surface area contributed by atoms with Crippen LogP contribution in [-0.4, -0.2) is 51.2 Å². The van der Waals surface area contributed by atoms with Gasteiger partial charge in [-0.1, -0.05) is 19.3 Å². The van der Waals surface area contributed by atoms with Crippen molar-refractivity contribution in [3.05, 3.63) is 24.0 Å². The Kier molecular flexibility index (Phi) is 5.20. The summed E-state index contributed by atoms with van der Waals surface area (Å²) in [5.74, 6) is 0.485. The van der Waals surface area contributed by atoms with Crippen molar-refractivity contribution in [3.63, 3.8) is 0 Å². The normalized spacial score (nSPS) is 22.1. The van der Waals surface area contributed by atoms with Crippen LogP contribution in [0.2, 0.25) is 0 Å². The summed E-state index contributed by atoms with van der Waals surface area (Å²) >= 11 is 0. The van der Waals surface area contributed by atoms with Crippen molar-refractivity contribution in [1.29, 1.82) is 0 Å². The fourth-order valence-electron chi connectivity index (χ4n) is 4.62. The van der Waals surface area contributed by atoms with Gasteiger partial charge in [-0.3, -0.25) is 9.69 Å². The molecule has 6 nitrogen and oxygen atoms in total. The number of likely N-dealkylation sites (tertiary alicyclic amines) is 1. The SMILES string of the molecule is CC(=O)NCCn1nc([C@H]2CCN(C3CCCCC3)C2)c2cccnc21. The number of hydrogen-bond acceptors (Lipinski definition) is 4. The maximum atomic E-state index is 11.1. The summed E-state index contributed by atoms with van der Waals surface area (Å²) in [5, 5.41) is 8.95. The Bertz CT molecular complexity index is 765. The third-order valence-electron chi connectivity index (χ3n) is 5.93. The quantitative estimate of drug-likeness (QED) is 0.896. The Morgan fingerprint density at radius 3 is 2.92 bits per heavy atom. The van der Waals surface area contributed by atoms with Crippen molar-refractivity contribution in [3.8, 4) is 0 Å². The van der Waals surface area contributed by atoms with Gasteiger partial charge in [0.25, 0.3) is 0 Å². The molecule has 0 unspecified atom stereocenters. The van der Waals surface area contributed by atoms with E-state index in [1.54, 1.807) is 6.92 Å². The maximum absolute atomic E-state index is 11.1. The second-order valence-electron chi connectivity index (χ2n) is 7.74. The fourth-order valence-corrected chi connectivity index (χ4v) is 4.62. The smallest absolute Gasteiger partial charge is 0.216 e. The van der Waals surface area contributed by atoms with E-state index in [4.69, 9.17) is 5.10 Å². The number of nitrogens with one attached hydrogen (secondary N) is 1. The molecule has 6 heteroatoms. The molecule has 2 aliphatic rings. The molecule has 1 N–H and O–H groups in total. The summed E-state index contributed by atoms with van der Waals surface area (Å²) in [6, 6.07) is 4.92. The van der Waals surface area contributed by atoms with E-state index in [2.05, 4.69) is 21.3 Å². The standard InChI is InChI=1S/C20H29N5O/c1-15(26)21-11-13-25-20-18(8-5-10-22-20)19(23-25)16-9-12-24(14-16)17-6-3-2-4-7-17/h5,8,10,16-17H,2-4,6-7,9,11-14H2,1H3,(H,21,26)/t16-/m0/s1. The molecular formula is C20H29N5O. The summed E-state index contributed by atoms with van der Waals surface area (Å²) in [7, 11) is 0. The Balaban J connectivity index is 1.52. The highest BCUT2D eigenvalue weighted by molar-refractivity contribution is 5.79. The molecule has 1 saturated heterocycles. The summed E-state index contributed by atoms with van der Waals surface area (Å²) in [6.45, 7) is 5.10. The van der Waals surface area contributed by atoms with Crippen LogP contribution < -0.4 is 5.32 Å². The van der Waals surface area contributed by atoms with Crippen molar-refractivity contribution in [2.24, 2.45) is 0 Å². The van der Waals surface area contributed by atoms with Gasteiger partial charge in [-0.05, 0) is 37.9 Å². The van der Waals surface area contributed by atoms with Crippen LogP contribution in [0.5, 0.6) is 0 Å². The highest BCUT2D eigenvalue weighted by Crippen LogP contribution is 2.34. The van der Waals surface area contributed by atoms with Gasteiger partial charge in [0.05, 0.1) is 12.2 Å². The lowest BCUT2D eigenvalue weighted by molar-refractivity contribution is -0.118. The van der Waals surface area contributed by atoms with Gasteiger partial charge < -0.3 is 5.32 Å². The van der Waals surface area contributed by atoms with Crippen LogP contribution in [0.1, 0.15) is 57.1 Å². The molecule has 3 heterocycles. The zero-order chi connectivity index (χ0) is 17.9. The lowest BCUT2D eigenvalue weighted by atomic mass is 9.94. The van der Waals surface area contributed by atoms with Crippen LogP contribution in [0, 0.1) is 0 Å². The Labute approximate surface area is 155 Å². The first-order valence-corrected chi connectivity index (χ1v) is 10.0. The van der Waals surface area contributed by atoms with Gasteiger partial charge in [0.1, 0.15) is 0 Å². The molecule has 2 fully saturated rings. The minimum atomic E-state index is -0.00596. The van der Waals surface area contributed by atoms with E-state index in [1.807, 2.05) is 16.9 Å². The minimum absolute atomic E-state index is 0.00596. The minimum Gasteiger partial charge on any atom is -0.354 e. The number of rotatable bonds is 5. The highest BCUT2D eigenvalue weighted by atomic mass is 16.1. The number of carbonyl (C=O) groups excluding carboxylic acids is 1. The molecule has 1 amide bonds. The predicted molar refractivity (Wildman–Crippen MR) is 102 cm³/mol. The van der Waals surface area contributed by atoms with Gasteiger partial charge in [0.2, 0.25) is 5.91 Å². The highest BCUT2D eigenvalue weighted by Gasteiger charge is 2.32. The third kappa shape index (κ3) is 3.61. The van der Waals surface area contributed by atoms with Crippen molar-refractivity contribution in [2.45, 2.75) is 64.0 Å². The van der Waals surface area contributed by atoms with Crippen molar-refractivity contribution < 1.29 is 4.79 Å². The van der Waals surface area contributed by atoms with E-state index < -0.39 is 0 Å². The lowest BCUT2D eigenvalue weighted by Crippen LogP contribution is -2.34. The molecule has 0 spiro atoms. The number of aromatic nitrogens is 3. The summed E-state index contributed by atoms with van der Waals surface area (Å²) in [6.07, 6.45) is 9.91. The number of nitrogens with zero attached hydrogens (tertiary/aromatic N) is 4. The number of pyridine rings is 1. The number of amides is 1. The first-order chi connectivity index (χ1) is 12.7. The van der Waals surface area contributed by atoms with Crippen LogP contribution in [0.25, 0.3) is 11.0 Å². The Morgan fingerprint density at radius 2 is 2.12 bits per heavy atom. The summed E-state index contributed by atoms with van der Waals surface area (Å²) in [5.41, 5.74) is 2.12. The summed E-state index contributed by atoms with van der Waals surface area (Å²) in [4.78, 5) is 18.4. The number of fused-ring (bicyclic) bond motifs is 1. The van der Waals surface area contributed by atoms with Gasteiger partial charge >= 0.3 is 0 Å². The zero-order valence-corrected chi connectivity index (χ0v) is 15.7. The average molecular weight is 355 g/mol. The van der Waals surface area contributed by atoms with Gasteiger partial charge in [0.15, 0.2) is 5.65 Å². The van der Waals surface area contributed by atoms with E-state index in [-0.39, 0.29) is 5.91 Å². The van der Waals surface area contributed by atoms with Crippen LogP contribution in [0.4, 0.5) is 0 Å². The average Bonchev–Trinajstić information content (AvgIpc) is 3.28. The van der Waals surface area contributed by atoms with E-state index >= 15 is 0 Å². The van der Waals surface area contributed by atoms with Crippen molar-refractivity contribution >= 4 is 16.9 Å². The first-order valence-electron chi connectivity index (χ1n) is 10.0. The molecular weight excluding hydrogens is 326 g/mol. The van der Waals surface area contributed by atoms with Gasteiger partial charge in [-0.15, -0.1) is 0 Å². The van der Waals surface area contributed by atoms with Crippen LogP contribution in [0.3, 0.4) is 0 Å². The van der Waals surface area contributed by atoms with Crippen LogP contribution in [-0.2, 0) is 11.3 Å². The van der Waals surface area contributed by atoms with Crippen molar-refractivity contribution in [1.82, 2.24) is 25.0 Å². The monoisotopic (exact) mass is 355 g/mol. The van der Waals surface area contributed by atoms with E-state index in [9.17, 15) is 4.79 Å². The lowest BCUT2D eigenvalue weighted by Gasteiger charge is -2.30. The molecule has 2 aromatic heterocycles. The predicted octanol–water partition coefficient (Wildman–Crippen LogP) is 2.69. The second kappa shape index (κ2) is 7.74. The molecule has 4 rings (SSSR count). The molecule has 1 saturated carbocycles. The van der Waals surface area contributed by atoms with Gasteiger partial charge in [0, 0.05) is 43.6 Å². The number of hydrogen-bond donors (Lipinski definition) is 1. The molecule has 2 aromatic rings. The Hall–Kier alpha value is -1.95. The molecule has 1 aliphatic heterocycles. The molecule has 0 radical (unpaired) electrons. The molecule has 0 aromatic carbocycles. The fraction of sp³-hybridized carbons (Fsp3) is 0.650. The number of carbonyl (C=O) groups is 1. The van der Waals surface area contributed by atoms with E-state index in [1.165, 1.54) is 56.1 Å². The van der Waals surface area contributed by atoms with E-state index in [0.717, 1.165) is 18.2 Å². The maximum Gasteiger partial charge on any atom is 0.216 e. The first kappa shape index (κ1) is 17.5. The molecule has 140 valence electrons. The largest absolute Gasteiger partial charge is 0.354 e. The Morgan fingerprint density at radius 1 is 1.27 bits per heavy atom. The third-order valence-corrected chi connectivity index (χ3v) is 5.93. The van der Waals surface area contributed by atoms with Crippen LogP contribution >= 0.6 is 0 Å². The molecule has 1 aliphatic carbocycles. The molecule has 26 heavy (non-hydrogen) atoms. The van der Waals surface area contributed by atoms with Crippen molar-refractivity contribution in [2.75, 3.05) is 19.6 Å². The van der Waals surface area contributed by atoms with Gasteiger partial charge in [-0.25, -0.2) is 9.67 Å². The van der Waals surface area contributed by atoms with Crippen LogP contribution in [0.15, 0.2) is 18.3 Å². The molecule has 0 bridgehead atoms. The molecule has 1 atom stereocenters. The van der Waals surface area contributed by atoms with Gasteiger partial charge in [-0.2, -0.15) is 5.10 Å². The zero-order valence-electron chi connectivity index (χ0n) is 15.7. The summed E-state index contributed by atoms with van der Waals surface area (Å²) < 4.78 is 1.96.